The Labute approximate surface area is 98.7 Å². The van der Waals surface area contributed by atoms with Gasteiger partial charge in [-0.25, -0.2) is 0 Å². The van der Waals surface area contributed by atoms with Crippen molar-refractivity contribution in [3.05, 3.63) is 12.3 Å². The lowest BCUT2D eigenvalue weighted by Gasteiger charge is -2.18. The summed E-state index contributed by atoms with van der Waals surface area (Å²) in [6.07, 6.45) is 13.5. The summed E-state index contributed by atoms with van der Waals surface area (Å²) >= 11 is 2.19. The van der Waals surface area contributed by atoms with E-state index in [0.29, 0.717) is 0 Å². The molecule has 0 aromatic rings. The van der Waals surface area contributed by atoms with E-state index in [1.807, 2.05) is 13.0 Å². The quantitative estimate of drug-likeness (QED) is 0.510. The van der Waals surface area contributed by atoms with Crippen LogP contribution in [0.3, 0.4) is 0 Å². The lowest BCUT2D eigenvalue weighted by Crippen LogP contribution is -2.07. The molecule has 0 aromatic heterocycles. The first-order valence-electron chi connectivity index (χ1n) is 6.28. The standard InChI is InChI=1S/C13H24OS/c1-2-10-14-11-7-9-13-8-5-3-4-6-12-15-13/h2,10,13H,3-9,11-12H2,1H3/b10-2+. The fourth-order valence-electron chi connectivity index (χ4n) is 1.95. The minimum absolute atomic E-state index is 0.890. The average molecular weight is 228 g/mol. The van der Waals surface area contributed by atoms with E-state index in [1.54, 1.807) is 6.26 Å². The third kappa shape index (κ3) is 6.88. The van der Waals surface area contributed by atoms with Gasteiger partial charge in [-0.1, -0.05) is 25.3 Å². The van der Waals surface area contributed by atoms with Crippen molar-refractivity contribution in [2.45, 2.75) is 57.1 Å². The molecule has 0 saturated carbocycles. The Kier molecular flexibility index (Phi) is 7.90. The summed E-state index contributed by atoms with van der Waals surface area (Å²) in [4.78, 5) is 0. The van der Waals surface area contributed by atoms with Crippen LogP contribution in [0, 0.1) is 0 Å². The zero-order valence-electron chi connectivity index (χ0n) is 9.91. The van der Waals surface area contributed by atoms with Crippen molar-refractivity contribution in [1.82, 2.24) is 0 Å². The Morgan fingerprint density at radius 3 is 3.00 bits per heavy atom. The van der Waals surface area contributed by atoms with Gasteiger partial charge in [-0.3, -0.25) is 0 Å². The first kappa shape index (κ1) is 13.0. The molecule has 1 heterocycles. The Balaban J connectivity index is 2.02. The van der Waals surface area contributed by atoms with Gasteiger partial charge in [0.25, 0.3) is 0 Å². The van der Waals surface area contributed by atoms with Crippen LogP contribution < -0.4 is 0 Å². The van der Waals surface area contributed by atoms with Crippen molar-refractivity contribution in [3.63, 3.8) is 0 Å². The van der Waals surface area contributed by atoms with E-state index in [4.69, 9.17) is 4.74 Å². The topological polar surface area (TPSA) is 9.23 Å². The van der Waals surface area contributed by atoms with E-state index in [0.717, 1.165) is 11.9 Å². The predicted molar refractivity (Wildman–Crippen MR) is 69.3 cm³/mol. The fraction of sp³-hybridized carbons (Fsp3) is 0.846. The summed E-state index contributed by atoms with van der Waals surface area (Å²) in [7, 11) is 0. The normalized spacial score (nSPS) is 23.7. The van der Waals surface area contributed by atoms with Crippen LogP contribution in [0.5, 0.6) is 0 Å². The molecule has 1 nitrogen and oxygen atoms in total. The Morgan fingerprint density at radius 1 is 1.27 bits per heavy atom. The van der Waals surface area contributed by atoms with E-state index in [1.165, 1.54) is 50.7 Å². The third-order valence-electron chi connectivity index (χ3n) is 2.79. The van der Waals surface area contributed by atoms with E-state index in [-0.39, 0.29) is 0 Å². The van der Waals surface area contributed by atoms with E-state index >= 15 is 0 Å². The highest BCUT2D eigenvalue weighted by Gasteiger charge is 2.10. The number of ether oxygens (including phenoxy) is 1. The van der Waals surface area contributed by atoms with E-state index in [9.17, 15) is 0 Å². The molecule has 88 valence electrons. The molecule has 1 saturated heterocycles. The van der Waals surface area contributed by atoms with Crippen LogP contribution in [-0.2, 0) is 4.74 Å². The van der Waals surface area contributed by atoms with Crippen LogP contribution in [0.15, 0.2) is 12.3 Å². The number of allylic oxidation sites excluding steroid dienone is 1. The summed E-state index contributed by atoms with van der Waals surface area (Å²) in [5, 5.41) is 0.902. The van der Waals surface area contributed by atoms with Crippen molar-refractivity contribution >= 4 is 11.8 Å². The first-order valence-corrected chi connectivity index (χ1v) is 7.32. The molecule has 15 heavy (non-hydrogen) atoms. The third-order valence-corrected chi connectivity index (χ3v) is 4.26. The van der Waals surface area contributed by atoms with Gasteiger partial charge in [0, 0.05) is 5.25 Å². The van der Waals surface area contributed by atoms with Crippen LogP contribution in [0.4, 0.5) is 0 Å². The van der Waals surface area contributed by atoms with Gasteiger partial charge in [0.1, 0.15) is 0 Å². The van der Waals surface area contributed by atoms with Crippen molar-refractivity contribution in [2.75, 3.05) is 12.4 Å². The maximum Gasteiger partial charge on any atom is 0.0873 e. The van der Waals surface area contributed by atoms with Gasteiger partial charge >= 0.3 is 0 Å². The summed E-state index contributed by atoms with van der Waals surface area (Å²) < 4.78 is 5.34. The van der Waals surface area contributed by atoms with Gasteiger partial charge in [-0.2, -0.15) is 11.8 Å². The monoisotopic (exact) mass is 228 g/mol. The van der Waals surface area contributed by atoms with Gasteiger partial charge in [0.15, 0.2) is 0 Å². The largest absolute Gasteiger partial charge is 0.502 e. The summed E-state index contributed by atoms with van der Waals surface area (Å²) in [6, 6.07) is 0. The highest BCUT2D eigenvalue weighted by molar-refractivity contribution is 7.99. The average Bonchev–Trinajstić information content (AvgIpc) is 2.20. The Hall–Kier alpha value is -0.110. The second-order valence-corrected chi connectivity index (χ2v) is 5.59. The second-order valence-electron chi connectivity index (χ2n) is 4.18. The minimum Gasteiger partial charge on any atom is -0.502 e. The summed E-state index contributed by atoms with van der Waals surface area (Å²) in [5.74, 6) is 1.38. The molecule has 1 fully saturated rings. The Morgan fingerprint density at radius 2 is 2.13 bits per heavy atom. The van der Waals surface area contributed by atoms with Crippen molar-refractivity contribution in [1.29, 1.82) is 0 Å². The molecule has 1 aliphatic rings. The molecule has 1 unspecified atom stereocenters. The highest BCUT2D eigenvalue weighted by atomic mass is 32.2. The van der Waals surface area contributed by atoms with Gasteiger partial charge in [-0.15, -0.1) is 0 Å². The molecule has 0 aliphatic carbocycles. The van der Waals surface area contributed by atoms with Crippen LogP contribution in [-0.4, -0.2) is 17.6 Å². The van der Waals surface area contributed by atoms with Crippen LogP contribution in [0.25, 0.3) is 0 Å². The van der Waals surface area contributed by atoms with Crippen molar-refractivity contribution in [3.8, 4) is 0 Å². The molecule has 0 radical (unpaired) electrons. The number of hydrogen-bond donors (Lipinski definition) is 0. The molecule has 1 atom stereocenters. The van der Waals surface area contributed by atoms with Gasteiger partial charge < -0.3 is 4.74 Å². The molecule has 0 spiro atoms. The van der Waals surface area contributed by atoms with Crippen molar-refractivity contribution in [2.24, 2.45) is 0 Å². The van der Waals surface area contributed by atoms with Crippen molar-refractivity contribution < 1.29 is 4.74 Å². The molecular weight excluding hydrogens is 204 g/mol. The van der Waals surface area contributed by atoms with E-state index < -0.39 is 0 Å². The van der Waals surface area contributed by atoms with Crippen LogP contribution in [0.1, 0.15) is 51.9 Å². The SMILES string of the molecule is C/C=C/OCCCC1CCCCCCS1. The van der Waals surface area contributed by atoms with Gasteiger partial charge in [-0.05, 0) is 38.4 Å². The molecule has 0 bridgehead atoms. The molecular formula is C13H24OS. The summed E-state index contributed by atoms with van der Waals surface area (Å²) in [5.41, 5.74) is 0. The van der Waals surface area contributed by atoms with Gasteiger partial charge in [0.05, 0.1) is 12.9 Å². The molecule has 0 aromatic carbocycles. The maximum absolute atomic E-state index is 5.34. The lowest BCUT2D eigenvalue weighted by molar-refractivity contribution is 0.240. The van der Waals surface area contributed by atoms with Crippen LogP contribution in [0.2, 0.25) is 0 Å². The number of rotatable bonds is 5. The number of thioether (sulfide) groups is 1. The van der Waals surface area contributed by atoms with Crippen LogP contribution >= 0.6 is 11.8 Å². The van der Waals surface area contributed by atoms with E-state index in [2.05, 4.69) is 11.8 Å². The fourth-order valence-corrected chi connectivity index (χ4v) is 3.32. The lowest BCUT2D eigenvalue weighted by atomic mass is 10.1. The maximum atomic E-state index is 5.34. The minimum atomic E-state index is 0.890. The van der Waals surface area contributed by atoms with Gasteiger partial charge in [0.2, 0.25) is 0 Å². The first-order chi connectivity index (χ1) is 7.43. The summed E-state index contributed by atoms with van der Waals surface area (Å²) in [6.45, 7) is 2.88. The molecule has 1 aliphatic heterocycles. The smallest absolute Gasteiger partial charge is 0.0873 e. The molecule has 2 heteroatoms. The highest BCUT2D eigenvalue weighted by Crippen LogP contribution is 2.26. The second kappa shape index (κ2) is 9.14. The number of hydrogen-bond acceptors (Lipinski definition) is 2. The molecule has 0 amide bonds. The zero-order valence-corrected chi connectivity index (χ0v) is 10.7. The predicted octanol–water partition coefficient (Wildman–Crippen LogP) is 4.38. The molecule has 1 rings (SSSR count). The molecule has 0 N–H and O–H groups in total. The zero-order chi connectivity index (χ0) is 10.8. The Bertz CT molecular complexity index is 160.